The first-order chi connectivity index (χ1) is 8.07. The van der Waals surface area contributed by atoms with E-state index in [1.165, 1.54) is 19.4 Å². The summed E-state index contributed by atoms with van der Waals surface area (Å²) in [6, 6.07) is 0. The molecular formula is C13H28N2O2. The summed E-state index contributed by atoms with van der Waals surface area (Å²) in [5.74, 6) is 0. The second-order valence-corrected chi connectivity index (χ2v) is 5.44. The fourth-order valence-corrected chi connectivity index (χ4v) is 2.37. The molecule has 1 aliphatic heterocycles. The van der Waals surface area contributed by atoms with Gasteiger partial charge in [0.1, 0.15) is 0 Å². The van der Waals surface area contributed by atoms with Crippen LogP contribution in [-0.4, -0.2) is 54.5 Å². The Bertz CT molecular complexity index is 208. The Labute approximate surface area is 105 Å². The quantitative estimate of drug-likeness (QED) is 0.701. The molecule has 4 nitrogen and oxygen atoms in total. The van der Waals surface area contributed by atoms with Crippen molar-refractivity contribution in [1.82, 2.24) is 4.90 Å². The van der Waals surface area contributed by atoms with Gasteiger partial charge in [0.25, 0.3) is 0 Å². The van der Waals surface area contributed by atoms with Crippen LogP contribution in [0.4, 0.5) is 0 Å². The summed E-state index contributed by atoms with van der Waals surface area (Å²) in [6.45, 7) is 8.12. The Kier molecular flexibility index (Phi) is 6.41. The van der Waals surface area contributed by atoms with Crippen molar-refractivity contribution in [2.75, 3.05) is 32.8 Å². The van der Waals surface area contributed by atoms with Gasteiger partial charge in [-0.05, 0) is 52.6 Å². The lowest BCUT2D eigenvalue weighted by Gasteiger charge is -2.33. The molecule has 1 saturated heterocycles. The van der Waals surface area contributed by atoms with E-state index in [-0.39, 0.29) is 6.61 Å². The first kappa shape index (κ1) is 14.9. The summed E-state index contributed by atoms with van der Waals surface area (Å²) >= 11 is 0. The minimum Gasteiger partial charge on any atom is -0.394 e. The molecule has 102 valence electrons. The van der Waals surface area contributed by atoms with Crippen molar-refractivity contribution in [3.8, 4) is 0 Å². The molecule has 1 fully saturated rings. The van der Waals surface area contributed by atoms with Gasteiger partial charge in [-0.1, -0.05) is 0 Å². The summed E-state index contributed by atoms with van der Waals surface area (Å²) in [6.07, 6.45) is 4.75. The van der Waals surface area contributed by atoms with Gasteiger partial charge in [0.05, 0.1) is 12.7 Å². The van der Waals surface area contributed by atoms with Gasteiger partial charge in [0, 0.05) is 18.7 Å². The molecule has 1 rings (SSSR count). The molecule has 0 aliphatic carbocycles. The molecular weight excluding hydrogens is 216 g/mol. The van der Waals surface area contributed by atoms with Gasteiger partial charge < -0.3 is 20.5 Å². The van der Waals surface area contributed by atoms with Gasteiger partial charge >= 0.3 is 0 Å². The van der Waals surface area contributed by atoms with Gasteiger partial charge in [-0.2, -0.15) is 0 Å². The summed E-state index contributed by atoms with van der Waals surface area (Å²) in [7, 11) is 0. The van der Waals surface area contributed by atoms with Crippen molar-refractivity contribution >= 4 is 0 Å². The lowest BCUT2D eigenvalue weighted by molar-refractivity contribution is 0.00508. The summed E-state index contributed by atoms with van der Waals surface area (Å²) in [5.41, 5.74) is 5.49. The van der Waals surface area contributed by atoms with Crippen molar-refractivity contribution in [3.05, 3.63) is 0 Å². The van der Waals surface area contributed by atoms with E-state index in [4.69, 9.17) is 15.6 Å². The number of hydrogen-bond acceptors (Lipinski definition) is 4. The van der Waals surface area contributed by atoms with Crippen LogP contribution in [0.15, 0.2) is 0 Å². The highest BCUT2D eigenvalue weighted by Gasteiger charge is 2.21. The standard InChI is InChI=1S/C13H28N2O2/c1-3-17-12-6-4-8-15(10-12)9-5-7-13(2,14)11-16/h12,16H,3-11,14H2,1-2H3. The maximum Gasteiger partial charge on any atom is 0.0702 e. The van der Waals surface area contributed by atoms with E-state index in [0.29, 0.717) is 6.10 Å². The van der Waals surface area contributed by atoms with Crippen LogP contribution in [0.5, 0.6) is 0 Å². The number of aliphatic hydroxyl groups is 1. The molecule has 0 saturated carbocycles. The largest absolute Gasteiger partial charge is 0.394 e. The third-order valence-corrected chi connectivity index (χ3v) is 3.45. The smallest absolute Gasteiger partial charge is 0.0702 e. The monoisotopic (exact) mass is 244 g/mol. The zero-order valence-electron chi connectivity index (χ0n) is 11.3. The predicted molar refractivity (Wildman–Crippen MR) is 70.0 cm³/mol. The van der Waals surface area contributed by atoms with Crippen molar-refractivity contribution in [2.24, 2.45) is 5.73 Å². The zero-order valence-corrected chi connectivity index (χ0v) is 11.3. The lowest BCUT2D eigenvalue weighted by atomic mass is 9.98. The fourth-order valence-electron chi connectivity index (χ4n) is 2.37. The van der Waals surface area contributed by atoms with E-state index >= 15 is 0 Å². The van der Waals surface area contributed by atoms with Gasteiger partial charge in [0.15, 0.2) is 0 Å². The van der Waals surface area contributed by atoms with Gasteiger partial charge in [-0.3, -0.25) is 0 Å². The topological polar surface area (TPSA) is 58.7 Å². The minimum atomic E-state index is -0.422. The van der Waals surface area contributed by atoms with Crippen LogP contribution >= 0.6 is 0 Å². The number of rotatable bonds is 7. The van der Waals surface area contributed by atoms with Crippen LogP contribution in [0, 0.1) is 0 Å². The molecule has 0 amide bonds. The predicted octanol–water partition coefficient (Wildman–Crippen LogP) is 0.977. The van der Waals surface area contributed by atoms with Crippen LogP contribution in [0.2, 0.25) is 0 Å². The average molecular weight is 244 g/mol. The van der Waals surface area contributed by atoms with Gasteiger partial charge in [-0.15, -0.1) is 0 Å². The van der Waals surface area contributed by atoms with Crippen LogP contribution in [-0.2, 0) is 4.74 Å². The molecule has 0 spiro atoms. The Morgan fingerprint density at radius 3 is 2.94 bits per heavy atom. The third-order valence-electron chi connectivity index (χ3n) is 3.45. The van der Waals surface area contributed by atoms with Crippen LogP contribution < -0.4 is 5.73 Å². The maximum absolute atomic E-state index is 9.08. The van der Waals surface area contributed by atoms with E-state index in [1.807, 2.05) is 6.92 Å². The van der Waals surface area contributed by atoms with E-state index in [1.54, 1.807) is 0 Å². The van der Waals surface area contributed by atoms with Crippen LogP contribution in [0.1, 0.15) is 39.5 Å². The molecule has 17 heavy (non-hydrogen) atoms. The minimum absolute atomic E-state index is 0.0641. The van der Waals surface area contributed by atoms with Gasteiger partial charge in [-0.25, -0.2) is 0 Å². The SMILES string of the molecule is CCOC1CCCN(CCCC(C)(N)CO)C1. The first-order valence-corrected chi connectivity index (χ1v) is 6.81. The summed E-state index contributed by atoms with van der Waals surface area (Å²) in [5, 5.41) is 9.08. The van der Waals surface area contributed by atoms with Crippen LogP contribution in [0.3, 0.4) is 0 Å². The van der Waals surface area contributed by atoms with Crippen molar-refractivity contribution in [3.63, 3.8) is 0 Å². The number of aliphatic hydroxyl groups excluding tert-OH is 1. The van der Waals surface area contributed by atoms with E-state index in [9.17, 15) is 0 Å². The second kappa shape index (κ2) is 7.31. The van der Waals surface area contributed by atoms with Crippen molar-refractivity contribution in [1.29, 1.82) is 0 Å². The number of piperidine rings is 1. The molecule has 2 unspecified atom stereocenters. The Morgan fingerprint density at radius 2 is 2.29 bits per heavy atom. The zero-order chi connectivity index (χ0) is 12.7. The van der Waals surface area contributed by atoms with E-state index in [0.717, 1.165) is 32.5 Å². The number of hydrogen-bond donors (Lipinski definition) is 2. The highest BCUT2D eigenvalue weighted by Crippen LogP contribution is 2.15. The molecule has 2 atom stereocenters. The van der Waals surface area contributed by atoms with Crippen molar-refractivity contribution < 1.29 is 9.84 Å². The number of ether oxygens (including phenoxy) is 1. The summed E-state index contributed by atoms with van der Waals surface area (Å²) < 4.78 is 5.68. The molecule has 0 aromatic carbocycles. The van der Waals surface area contributed by atoms with Gasteiger partial charge in [0.2, 0.25) is 0 Å². The molecule has 1 aliphatic rings. The highest BCUT2D eigenvalue weighted by molar-refractivity contribution is 4.79. The molecule has 0 aromatic rings. The molecule has 0 bridgehead atoms. The number of likely N-dealkylation sites (tertiary alicyclic amines) is 1. The normalized spacial score (nSPS) is 25.8. The average Bonchev–Trinajstić information content (AvgIpc) is 2.30. The second-order valence-electron chi connectivity index (χ2n) is 5.44. The van der Waals surface area contributed by atoms with E-state index < -0.39 is 5.54 Å². The van der Waals surface area contributed by atoms with Crippen molar-refractivity contribution in [2.45, 2.75) is 51.2 Å². The Balaban J connectivity index is 2.18. The Morgan fingerprint density at radius 1 is 1.53 bits per heavy atom. The maximum atomic E-state index is 9.08. The molecule has 4 heteroatoms. The first-order valence-electron chi connectivity index (χ1n) is 6.81. The third kappa shape index (κ3) is 5.82. The highest BCUT2D eigenvalue weighted by atomic mass is 16.5. The number of nitrogens with two attached hydrogens (primary N) is 1. The summed E-state index contributed by atoms with van der Waals surface area (Å²) in [4.78, 5) is 2.46. The van der Waals surface area contributed by atoms with E-state index in [2.05, 4.69) is 11.8 Å². The molecule has 3 N–H and O–H groups in total. The Hall–Kier alpha value is -0.160. The fraction of sp³-hybridized carbons (Fsp3) is 1.00. The van der Waals surface area contributed by atoms with Crippen LogP contribution in [0.25, 0.3) is 0 Å². The lowest BCUT2D eigenvalue weighted by Crippen LogP contribution is -2.43. The molecule has 0 radical (unpaired) electrons. The molecule has 0 aromatic heterocycles. The number of nitrogens with zero attached hydrogens (tertiary/aromatic N) is 1. The molecule has 1 heterocycles.